The molecule has 2 N–H and O–H groups in total. The smallest absolute Gasteiger partial charge is 0.244 e. The van der Waals surface area contributed by atoms with E-state index in [2.05, 4.69) is 27.9 Å². The summed E-state index contributed by atoms with van der Waals surface area (Å²) in [5, 5.41) is 13.4. The van der Waals surface area contributed by atoms with Crippen molar-refractivity contribution in [3.63, 3.8) is 0 Å². The third-order valence-electron chi connectivity index (χ3n) is 3.77. The highest BCUT2D eigenvalue weighted by atomic mass is 127. The normalized spacial score (nSPS) is 26.6. The summed E-state index contributed by atoms with van der Waals surface area (Å²) >= 11 is 8.32. The quantitative estimate of drug-likeness (QED) is 0.549. The number of carbonyl (C=O) groups excluding carboxylic acids is 2. The predicted octanol–water partition coefficient (Wildman–Crippen LogP) is 1.56. The van der Waals surface area contributed by atoms with Crippen molar-refractivity contribution in [2.24, 2.45) is 0 Å². The zero-order valence-corrected chi connectivity index (χ0v) is 13.3. The Morgan fingerprint density at radius 1 is 1.40 bits per heavy atom. The first-order valence-corrected chi connectivity index (χ1v) is 7.69. The molecular formula is C13H12ClIN2O3. The molecule has 0 bridgehead atoms. The van der Waals surface area contributed by atoms with Gasteiger partial charge in [-0.25, -0.2) is 0 Å². The van der Waals surface area contributed by atoms with E-state index in [1.54, 1.807) is 11.0 Å². The minimum absolute atomic E-state index is 0.259. The topological polar surface area (TPSA) is 69.6 Å². The summed E-state index contributed by atoms with van der Waals surface area (Å²) in [6.07, 6.45) is -0.149. The van der Waals surface area contributed by atoms with E-state index in [1.807, 2.05) is 6.07 Å². The molecular weight excluding hydrogens is 395 g/mol. The first kappa shape index (κ1) is 14.2. The van der Waals surface area contributed by atoms with Crippen LogP contribution in [-0.2, 0) is 16.1 Å². The molecule has 2 heterocycles. The largest absolute Gasteiger partial charge is 0.374 e. The van der Waals surface area contributed by atoms with Gasteiger partial charge in [-0.2, -0.15) is 0 Å². The van der Waals surface area contributed by atoms with E-state index in [-0.39, 0.29) is 11.8 Å². The van der Waals surface area contributed by atoms with E-state index in [0.29, 0.717) is 24.4 Å². The lowest BCUT2D eigenvalue weighted by molar-refractivity contribution is -0.141. The van der Waals surface area contributed by atoms with Crippen LogP contribution < -0.4 is 5.32 Å². The Morgan fingerprint density at radius 3 is 2.80 bits per heavy atom. The highest BCUT2D eigenvalue weighted by molar-refractivity contribution is 14.1. The zero-order valence-electron chi connectivity index (χ0n) is 10.4. The summed E-state index contributed by atoms with van der Waals surface area (Å²) in [6, 6.07) is 3.14. The van der Waals surface area contributed by atoms with Crippen molar-refractivity contribution in [2.75, 3.05) is 0 Å². The van der Waals surface area contributed by atoms with Crippen LogP contribution in [0.3, 0.4) is 0 Å². The molecule has 7 heteroatoms. The second-order valence-electron chi connectivity index (χ2n) is 4.93. The maximum Gasteiger partial charge on any atom is 0.244 e. The Kier molecular flexibility index (Phi) is 3.74. The van der Waals surface area contributed by atoms with Gasteiger partial charge in [-0.3, -0.25) is 19.8 Å². The van der Waals surface area contributed by atoms with Crippen LogP contribution in [0.2, 0.25) is 5.02 Å². The summed E-state index contributed by atoms with van der Waals surface area (Å²) < 4.78 is 0.921. The molecule has 1 aromatic carbocycles. The van der Waals surface area contributed by atoms with E-state index in [9.17, 15) is 14.7 Å². The van der Waals surface area contributed by atoms with Crippen LogP contribution in [0.1, 0.15) is 30.2 Å². The molecule has 2 amide bonds. The molecule has 1 fully saturated rings. The van der Waals surface area contributed by atoms with Crippen LogP contribution in [0.5, 0.6) is 0 Å². The van der Waals surface area contributed by atoms with Crippen LogP contribution in [-0.4, -0.2) is 27.9 Å². The Balaban J connectivity index is 1.92. The molecule has 0 saturated carbocycles. The first-order valence-electron chi connectivity index (χ1n) is 6.23. The van der Waals surface area contributed by atoms with E-state index >= 15 is 0 Å². The number of rotatable bonds is 1. The Labute approximate surface area is 134 Å². The van der Waals surface area contributed by atoms with Crippen molar-refractivity contribution < 1.29 is 14.7 Å². The predicted molar refractivity (Wildman–Crippen MR) is 80.8 cm³/mol. The average molecular weight is 407 g/mol. The second kappa shape index (κ2) is 5.25. The van der Waals surface area contributed by atoms with Gasteiger partial charge in [0, 0.05) is 27.1 Å². The van der Waals surface area contributed by atoms with Crippen LogP contribution in [0, 0.1) is 3.57 Å². The van der Waals surface area contributed by atoms with Crippen molar-refractivity contribution in [2.45, 2.75) is 31.7 Å². The van der Waals surface area contributed by atoms with Gasteiger partial charge in [0.2, 0.25) is 11.8 Å². The van der Waals surface area contributed by atoms with E-state index in [4.69, 9.17) is 11.6 Å². The Hall–Kier alpha value is -0.700. The fraction of sp³-hybridized carbons (Fsp3) is 0.385. The number of fused-ring (bicyclic) bond motifs is 1. The average Bonchev–Trinajstić information content (AvgIpc) is 2.73. The lowest BCUT2D eigenvalue weighted by Gasteiger charge is -2.31. The minimum atomic E-state index is -0.862. The van der Waals surface area contributed by atoms with Gasteiger partial charge in [0.05, 0.1) is 6.04 Å². The van der Waals surface area contributed by atoms with Crippen molar-refractivity contribution in [1.29, 1.82) is 0 Å². The fourth-order valence-electron chi connectivity index (χ4n) is 2.76. The van der Waals surface area contributed by atoms with Gasteiger partial charge in [0.25, 0.3) is 0 Å². The van der Waals surface area contributed by atoms with Crippen molar-refractivity contribution in [3.8, 4) is 0 Å². The molecule has 20 heavy (non-hydrogen) atoms. The molecule has 3 rings (SSSR count). The number of benzene rings is 1. The SMILES string of the molecule is O=C1CCC(N2Cc3c(Cl)ccc(I)c3C2O)C(=O)N1. The molecule has 2 unspecified atom stereocenters. The number of hydrogen-bond acceptors (Lipinski definition) is 4. The molecule has 1 saturated heterocycles. The summed E-state index contributed by atoms with van der Waals surface area (Å²) in [6.45, 7) is 0.415. The Bertz CT molecular complexity index is 608. The lowest BCUT2D eigenvalue weighted by atomic mass is 10.0. The van der Waals surface area contributed by atoms with E-state index in [1.165, 1.54) is 0 Å². The van der Waals surface area contributed by atoms with Crippen LogP contribution in [0.4, 0.5) is 0 Å². The minimum Gasteiger partial charge on any atom is -0.374 e. The van der Waals surface area contributed by atoms with Crippen molar-refractivity contribution in [3.05, 3.63) is 31.9 Å². The Morgan fingerprint density at radius 2 is 2.15 bits per heavy atom. The second-order valence-corrected chi connectivity index (χ2v) is 6.50. The molecule has 1 aromatic rings. The number of piperidine rings is 1. The maximum atomic E-state index is 11.9. The van der Waals surface area contributed by atoms with Gasteiger partial charge in [-0.05, 0) is 46.7 Å². The third-order valence-corrected chi connectivity index (χ3v) is 5.06. The van der Waals surface area contributed by atoms with Crippen molar-refractivity contribution >= 4 is 46.0 Å². The molecule has 0 aliphatic carbocycles. The standard InChI is InChI=1S/C13H12ClIN2O3/c14-7-1-2-8(15)11-6(7)5-17(13(11)20)9-3-4-10(18)16-12(9)19/h1-2,9,13,20H,3-5H2,(H,16,18,19). The van der Waals surface area contributed by atoms with Crippen molar-refractivity contribution in [1.82, 2.24) is 10.2 Å². The van der Waals surface area contributed by atoms with Gasteiger partial charge in [-0.1, -0.05) is 11.6 Å². The van der Waals surface area contributed by atoms with Crippen LogP contribution >= 0.6 is 34.2 Å². The van der Waals surface area contributed by atoms with E-state index in [0.717, 1.165) is 14.7 Å². The van der Waals surface area contributed by atoms with E-state index < -0.39 is 12.3 Å². The number of nitrogens with one attached hydrogen (secondary N) is 1. The molecule has 2 aliphatic heterocycles. The fourth-order valence-corrected chi connectivity index (χ4v) is 3.77. The molecule has 0 aromatic heterocycles. The van der Waals surface area contributed by atoms with Gasteiger partial charge in [-0.15, -0.1) is 0 Å². The molecule has 5 nitrogen and oxygen atoms in total. The lowest BCUT2D eigenvalue weighted by Crippen LogP contribution is -2.51. The highest BCUT2D eigenvalue weighted by Crippen LogP contribution is 2.40. The maximum absolute atomic E-state index is 11.9. The van der Waals surface area contributed by atoms with Gasteiger partial charge < -0.3 is 5.11 Å². The zero-order chi connectivity index (χ0) is 14.4. The van der Waals surface area contributed by atoms with Gasteiger partial charge in [0.15, 0.2) is 0 Å². The number of nitrogens with zero attached hydrogens (tertiary/aromatic N) is 1. The summed E-state index contributed by atoms with van der Waals surface area (Å²) in [7, 11) is 0. The number of halogens is 2. The summed E-state index contributed by atoms with van der Waals surface area (Å²) in [5.41, 5.74) is 1.62. The number of imide groups is 1. The summed E-state index contributed by atoms with van der Waals surface area (Å²) in [5.74, 6) is -0.607. The molecule has 0 spiro atoms. The molecule has 2 atom stereocenters. The highest BCUT2D eigenvalue weighted by Gasteiger charge is 2.41. The first-order chi connectivity index (χ1) is 9.49. The molecule has 106 valence electrons. The number of amides is 2. The van der Waals surface area contributed by atoms with Crippen LogP contribution in [0.15, 0.2) is 12.1 Å². The molecule has 2 aliphatic rings. The number of aliphatic hydroxyl groups is 1. The monoisotopic (exact) mass is 406 g/mol. The third kappa shape index (κ3) is 2.24. The van der Waals surface area contributed by atoms with Gasteiger partial charge in [0.1, 0.15) is 6.23 Å². The number of hydrogen-bond donors (Lipinski definition) is 2. The number of carbonyl (C=O) groups is 2. The van der Waals surface area contributed by atoms with Gasteiger partial charge >= 0.3 is 0 Å². The summed E-state index contributed by atoms with van der Waals surface area (Å²) in [4.78, 5) is 24.8. The number of aliphatic hydroxyl groups excluding tert-OH is 1. The van der Waals surface area contributed by atoms with Crippen LogP contribution in [0.25, 0.3) is 0 Å². The molecule has 0 radical (unpaired) electrons.